The second-order valence-electron chi connectivity index (χ2n) is 10.7. The number of carboxylic acids is 1. The highest BCUT2D eigenvalue weighted by atomic mass is 16.5. The number of rotatable bonds is 14. The van der Waals surface area contributed by atoms with Gasteiger partial charge in [-0.25, -0.2) is 0 Å². The van der Waals surface area contributed by atoms with E-state index in [2.05, 4.69) is 44.0 Å². The topological polar surface area (TPSA) is 77.5 Å². The number of aliphatic carboxylic acids is 1. The summed E-state index contributed by atoms with van der Waals surface area (Å²) >= 11 is 0. The van der Waals surface area contributed by atoms with Gasteiger partial charge in [-0.1, -0.05) is 19.9 Å². The van der Waals surface area contributed by atoms with Crippen LogP contribution >= 0.6 is 0 Å². The van der Waals surface area contributed by atoms with Crippen LogP contribution in [-0.4, -0.2) is 64.6 Å². The molecule has 0 spiro atoms. The summed E-state index contributed by atoms with van der Waals surface area (Å²) < 4.78 is 21.9. The van der Waals surface area contributed by atoms with Gasteiger partial charge < -0.3 is 29.0 Å². The maximum atomic E-state index is 12.5. The zero-order chi connectivity index (χ0) is 27.8. The van der Waals surface area contributed by atoms with Crippen LogP contribution < -0.4 is 18.9 Å². The van der Waals surface area contributed by atoms with Gasteiger partial charge in [0.05, 0.1) is 34.4 Å². The Morgan fingerprint density at radius 1 is 0.947 bits per heavy atom. The second-order valence-corrected chi connectivity index (χ2v) is 10.7. The number of aryl methyl sites for hydroxylation is 1. The van der Waals surface area contributed by atoms with E-state index in [0.29, 0.717) is 18.1 Å². The molecule has 0 aliphatic heterocycles. The predicted octanol–water partition coefficient (Wildman–Crippen LogP) is 5.68. The van der Waals surface area contributed by atoms with Crippen molar-refractivity contribution in [2.75, 3.05) is 48.6 Å². The molecule has 2 aromatic carbocycles. The van der Waals surface area contributed by atoms with Gasteiger partial charge in [-0.15, -0.1) is 0 Å². The molecule has 0 radical (unpaired) electrons. The van der Waals surface area contributed by atoms with Gasteiger partial charge in [-0.05, 0) is 104 Å². The minimum absolute atomic E-state index is 0.0928. The molecule has 7 heteroatoms. The Hall–Kier alpha value is -2.93. The molecule has 210 valence electrons. The summed E-state index contributed by atoms with van der Waals surface area (Å²) in [6, 6.07) is 10.2. The lowest BCUT2D eigenvalue weighted by Gasteiger charge is -2.40. The summed E-state index contributed by atoms with van der Waals surface area (Å²) in [5.74, 6) is 2.44. The van der Waals surface area contributed by atoms with Crippen molar-refractivity contribution in [3.63, 3.8) is 0 Å². The van der Waals surface area contributed by atoms with E-state index in [9.17, 15) is 9.90 Å². The number of fused-ring (bicyclic) bond motifs is 1. The van der Waals surface area contributed by atoms with E-state index in [1.165, 1.54) is 16.7 Å². The number of hydrogen-bond donors (Lipinski definition) is 1. The predicted molar refractivity (Wildman–Crippen MR) is 150 cm³/mol. The Kier molecular flexibility index (Phi) is 10.7. The van der Waals surface area contributed by atoms with Crippen LogP contribution in [-0.2, 0) is 17.6 Å². The van der Waals surface area contributed by atoms with E-state index in [1.807, 2.05) is 12.1 Å². The van der Waals surface area contributed by atoms with E-state index in [1.54, 1.807) is 28.4 Å². The maximum Gasteiger partial charge on any atom is 0.306 e. The van der Waals surface area contributed by atoms with Crippen LogP contribution in [0, 0.1) is 17.8 Å². The summed E-state index contributed by atoms with van der Waals surface area (Å²) in [5.41, 5.74) is 3.65. The zero-order valence-electron chi connectivity index (χ0n) is 24.1. The van der Waals surface area contributed by atoms with Crippen LogP contribution in [0.1, 0.15) is 55.7 Å². The molecule has 0 aromatic heterocycles. The normalized spacial score (nSPS) is 17.7. The fraction of sp³-hybridized carbons (Fsp3) is 0.581. The molecule has 7 nitrogen and oxygen atoms in total. The Morgan fingerprint density at radius 2 is 1.58 bits per heavy atom. The third kappa shape index (κ3) is 6.93. The van der Waals surface area contributed by atoms with Gasteiger partial charge in [0.2, 0.25) is 0 Å². The average molecular weight is 528 g/mol. The van der Waals surface area contributed by atoms with Crippen molar-refractivity contribution < 1.29 is 28.8 Å². The van der Waals surface area contributed by atoms with Crippen molar-refractivity contribution in [1.82, 2.24) is 4.90 Å². The molecule has 0 saturated carbocycles. The lowest BCUT2D eigenvalue weighted by Crippen LogP contribution is -2.35. The zero-order valence-corrected chi connectivity index (χ0v) is 24.1. The number of nitrogens with zero attached hydrogens (tertiary/aromatic N) is 1. The van der Waals surface area contributed by atoms with Gasteiger partial charge in [0.1, 0.15) is 0 Å². The summed E-state index contributed by atoms with van der Waals surface area (Å²) in [7, 11) is 8.69. The SMILES string of the molecule is COc1ccc(CCN(C)CCCC(C(=O)O)[C@@H]2CCc3cc(OC)c(OC)cc3[C@@H]2C(C)C)cc1OC. The van der Waals surface area contributed by atoms with E-state index < -0.39 is 5.97 Å². The first-order valence-electron chi connectivity index (χ1n) is 13.6. The molecule has 3 atom stereocenters. The molecule has 0 fully saturated rings. The van der Waals surface area contributed by atoms with Gasteiger partial charge >= 0.3 is 5.97 Å². The second kappa shape index (κ2) is 13.7. The first-order chi connectivity index (χ1) is 18.2. The largest absolute Gasteiger partial charge is 0.493 e. The van der Waals surface area contributed by atoms with Gasteiger partial charge in [0.15, 0.2) is 23.0 Å². The van der Waals surface area contributed by atoms with E-state index in [0.717, 1.165) is 56.0 Å². The average Bonchev–Trinajstić information content (AvgIpc) is 2.92. The molecule has 1 N–H and O–H groups in total. The van der Waals surface area contributed by atoms with Crippen molar-refractivity contribution >= 4 is 5.97 Å². The maximum absolute atomic E-state index is 12.5. The number of carboxylic acid groups (broad SMARTS) is 1. The molecule has 0 amide bonds. The van der Waals surface area contributed by atoms with Crippen LogP contribution in [0.3, 0.4) is 0 Å². The van der Waals surface area contributed by atoms with Crippen LogP contribution in [0.4, 0.5) is 0 Å². The molecular formula is C31H45NO6. The number of methoxy groups -OCH3 is 4. The standard InChI is InChI=1S/C31H45NO6/c1-20(2)30-23(12-11-22-18-28(37-6)29(38-7)19-25(22)30)24(31(33)34)9-8-15-32(3)16-14-21-10-13-26(35-4)27(17-21)36-5/h10,13,17-20,23-24,30H,8-9,11-12,14-16H2,1-7H3,(H,33,34)/t23-,24?,30+/m0/s1. The third-order valence-electron chi connectivity index (χ3n) is 8.05. The van der Waals surface area contributed by atoms with E-state index in [-0.39, 0.29) is 17.8 Å². The quantitative estimate of drug-likeness (QED) is 0.339. The van der Waals surface area contributed by atoms with Gasteiger partial charge in [0, 0.05) is 6.54 Å². The van der Waals surface area contributed by atoms with Gasteiger partial charge in [0.25, 0.3) is 0 Å². The highest BCUT2D eigenvalue weighted by Crippen LogP contribution is 2.48. The van der Waals surface area contributed by atoms with Crippen molar-refractivity contribution in [1.29, 1.82) is 0 Å². The number of benzene rings is 2. The highest BCUT2D eigenvalue weighted by molar-refractivity contribution is 5.70. The minimum atomic E-state index is -0.683. The highest BCUT2D eigenvalue weighted by Gasteiger charge is 2.40. The summed E-state index contributed by atoms with van der Waals surface area (Å²) in [4.78, 5) is 14.8. The molecule has 38 heavy (non-hydrogen) atoms. The number of carbonyl (C=O) groups is 1. The molecule has 0 heterocycles. The molecule has 3 rings (SSSR count). The Labute approximate surface area is 228 Å². The van der Waals surface area contributed by atoms with Crippen molar-refractivity contribution in [2.45, 2.75) is 51.9 Å². The fourth-order valence-corrected chi connectivity index (χ4v) is 6.07. The molecular weight excluding hydrogens is 482 g/mol. The monoisotopic (exact) mass is 527 g/mol. The van der Waals surface area contributed by atoms with Crippen LogP contribution in [0.2, 0.25) is 0 Å². The lowest BCUT2D eigenvalue weighted by atomic mass is 9.64. The van der Waals surface area contributed by atoms with E-state index >= 15 is 0 Å². The molecule has 1 unspecified atom stereocenters. The fourth-order valence-electron chi connectivity index (χ4n) is 6.07. The molecule has 0 bridgehead atoms. The molecule has 2 aromatic rings. The van der Waals surface area contributed by atoms with Crippen molar-refractivity contribution in [3.05, 3.63) is 47.0 Å². The molecule has 1 aliphatic rings. The number of hydrogen-bond acceptors (Lipinski definition) is 6. The lowest BCUT2D eigenvalue weighted by molar-refractivity contribution is -0.144. The Bertz CT molecular complexity index is 1070. The summed E-state index contributed by atoms with van der Waals surface area (Å²) in [6.07, 6.45) is 4.14. The minimum Gasteiger partial charge on any atom is -0.493 e. The summed E-state index contributed by atoms with van der Waals surface area (Å²) in [5, 5.41) is 10.3. The molecule has 1 aliphatic carbocycles. The number of ether oxygens (including phenoxy) is 4. The smallest absolute Gasteiger partial charge is 0.306 e. The molecule has 0 saturated heterocycles. The van der Waals surface area contributed by atoms with Gasteiger partial charge in [-0.2, -0.15) is 0 Å². The summed E-state index contributed by atoms with van der Waals surface area (Å²) in [6.45, 7) is 6.15. The van der Waals surface area contributed by atoms with Gasteiger partial charge in [-0.3, -0.25) is 4.79 Å². The van der Waals surface area contributed by atoms with Crippen molar-refractivity contribution in [3.8, 4) is 23.0 Å². The first-order valence-corrected chi connectivity index (χ1v) is 13.6. The Morgan fingerprint density at radius 3 is 2.18 bits per heavy atom. The van der Waals surface area contributed by atoms with Crippen molar-refractivity contribution in [2.24, 2.45) is 17.8 Å². The number of likely N-dealkylation sites (N-methyl/N-ethyl adjacent to an activating group) is 1. The van der Waals surface area contributed by atoms with E-state index in [4.69, 9.17) is 18.9 Å². The van der Waals surface area contributed by atoms with Crippen LogP contribution in [0.5, 0.6) is 23.0 Å². The van der Waals surface area contributed by atoms with Crippen LogP contribution in [0.15, 0.2) is 30.3 Å². The first kappa shape index (κ1) is 29.6. The van der Waals surface area contributed by atoms with Crippen LogP contribution in [0.25, 0.3) is 0 Å². The third-order valence-corrected chi connectivity index (χ3v) is 8.05. The Balaban J connectivity index is 1.64.